The molecule has 1 heterocycles. The number of amides is 1. The van der Waals surface area contributed by atoms with E-state index >= 15 is 0 Å². The van der Waals surface area contributed by atoms with E-state index in [1.54, 1.807) is 6.20 Å². The van der Waals surface area contributed by atoms with Gasteiger partial charge in [-0.2, -0.15) is 5.10 Å². The Hall–Kier alpha value is -1.07. The van der Waals surface area contributed by atoms with Gasteiger partial charge in [-0.1, -0.05) is 6.42 Å². The molecule has 5 nitrogen and oxygen atoms in total. The quantitative estimate of drug-likeness (QED) is 0.896. The van der Waals surface area contributed by atoms with Crippen LogP contribution < -0.4 is 11.1 Å². The van der Waals surface area contributed by atoms with Gasteiger partial charge in [0.1, 0.15) is 5.82 Å². The van der Waals surface area contributed by atoms with Crippen molar-refractivity contribution in [2.24, 2.45) is 11.7 Å². The zero-order chi connectivity index (χ0) is 13.1. The maximum absolute atomic E-state index is 12.2. The van der Waals surface area contributed by atoms with E-state index in [9.17, 15) is 4.79 Å². The monoisotopic (exact) mass is 286 g/mol. The molecule has 6 heteroatoms. The third kappa shape index (κ3) is 3.94. The van der Waals surface area contributed by atoms with Crippen LogP contribution in [0, 0.1) is 5.92 Å². The smallest absolute Gasteiger partial charge is 0.228 e. The molecule has 1 saturated carbocycles. The summed E-state index contributed by atoms with van der Waals surface area (Å²) in [5, 5.41) is 7.17. The Labute approximate surface area is 120 Å². The Kier molecular flexibility index (Phi) is 5.82. The average molecular weight is 287 g/mol. The maximum Gasteiger partial charge on any atom is 0.228 e. The van der Waals surface area contributed by atoms with E-state index in [2.05, 4.69) is 10.4 Å². The van der Waals surface area contributed by atoms with Gasteiger partial charge in [-0.15, -0.1) is 12.4 Å². The predicted octanol–water partition coefficient (Wildman–Crippen LogP) is 2.34. The molecule has 108 valence electrons. The van der Waals surface area contributed by atoms with Crippen molar-refractivity contribution in [1.29, 1.82) is 0 Å². The van der Waals surface area contributed by atoms with Crippen LogP contribution >= 0.6 is 12.4 Å². The molecular weight excluding hydrogens is 264 g/mol. The molecular formula is C13H23ClN4O. The van der Waals surface area contributed by atoms with Gasteiger partial charge in [-0.25, -0.2) is 4.68 Å². The molecule has 0 saturated heterocycles. The third-order valence-electron chi connectivity index (χ3n) is 3.50. The number of carbonyl (C=O) groups excluding carboxylic acids is 1. The lowest BCUT2D eigenvalue weighted by Crippen LogP contribution is -2.34. The number of aromatic nitrogens is 2. The van der Waals surface area contributed by atoms with E-state index in [0.29, 0.717) is 0 Å². The van der Waals surface area contributed by atoms with Crippen LogP contribution in [0.2, 0.25) is 0 Å². The highest BCUT2D eigenvalue weighted by Crippen LogP contribution is 2.24. The van der Waals surface area contributed by atoms with Gasteiger partial charge in [0, 0.05) is 24.1 Å². The Balaban J connectivity index is 0.00000180. The van der Waals surface area contributed by atoms with Crippen LogP contribution in [0.4, 0.5) is 5.82 Å². The number of nitrogens with zero attached hydrogens (tertiary/aromatic N) is 2. The molecule has 1 aromatic heterocycles. The lowest BCUT2D eigenvalue weighted by molar-refractivity contribution is -0.120. The molecule has 2 rings (SSSR count). The van der Waals surface area contributed by atoms with Crippen molar-refractivity contribution in [3.8, 4) is 0 Å². The van der Waals surface area contributed by atoms with Crippen LogP contribution in [0.15, 0.2) is 12.3 Å². The summed E-state index contributed by atoms with van der Waals surface area (Å²) in [7, 11) is 0. The largest absolute Gasteiger partial charge is 0.328 e. The minimum absolute atomic E-state index is 0. The topological polar surface area (TPSA) is 72.9 Å². The minimum Gasteiger partial charge on any atom is -0.328 e. The second-order valence-electron chi connectivity index (χ2n) is 5.37. The molecule has 1 aromatic rings. The molecule has 0 radical (unpaired) electrons. The Bertz CT molecular complexity index is 419. The lowest BCUT2D eigenvalue weighted by atomic mass is 9.85. The first kappa shape index (κ1) is 16.0. The average Bonchev–Trinajstić information content (AvgIpc) is 2.77. The van der Waals surface area contributed by atoms with Gasteiger partial charge in [0.05, 0.1) is 6.20 Å². The van der Waals surface area contributed by atoms with Crippen LogP contribution in [0.3, 0.4) is 0 Å². The lowest BCUT2D eigenvalue weighted by Gasteiger charge is -2.25. The third-order valence-corrected chi connectivity index (χ3v) is 3.50. The standard InChI is InChI=1S/C13H22N4O.ClH/c1-9(2)17-12(6-7-15-17)16-13(18)10-4-3-5-11(14)8-10;/h6-7,9-11H,3-5,8,14H2,1-2H3,(H,16,18);1H. The highest BCUT2D eigenvalue weighted by Gasteiger charge is 2.26. The van der Waals surface area contributed by atoms with Crippen molar-refractivity contribution in [3.05, 3.63) is 12.3 Å². The highest BCUT2D eigenvalue weighted by atomic mass is 35.5. The summed E-state index contributed by atoms with van der Waals surface area (Å²) in [4.78, 5) is 12.2. The molecule has 2 atom stereocenters. The number of anilines is 1. The number of nitrogens with two attached hydrogens (primary N) is 1. The van der Waals surface area contributed by atoms with Crippen molar-refractivity contribution in [3.63, 3.8) is 0 Å². The van der Waals surface area contributed by atoms with Gasteiger partial charge in [0.2, 0.25) is 5.91 Å². The summed E-state index contributed by atoms with van der Waals surface area (Å²) in [5.41, 5.74) is 5.92. The molecule has 19 heavy (non-hydrogen) atoms. The second-order valence-corrected chi connectivity index (χ2v) is 5.37. The minimum atomic E-state index is 0. The molecule has 0 bridgehead atoms. The summed E-state index contributed by atoms with van der Waals surface area (Å²) < 4.78 is 1.82. The van der Waals surface area contributed by atoms with Gasteiger partial charge >= 0.3 is 0 Å². The summed E-state index contributed by atoms with van der Waals surface area (Å²) in [5.74, 6) is 0.894. The molecule has 3 N–H and O–H groups in total. The second kappa shape index (κ2) is 6.91. The predicted molar refractivity (Wildman–Crippen MR) is 78.4 cm³/mol. The summed E-state index contributed by atoms with van der Waals surface area (Å²) >= 11 is 0. The van der Waals surface area contributed by atoms with Crippen LogP contribution in [0.1, 0.15) is 45.6 Å². The van der Waals surface area contributed by atoms with Crippen molar-refractivity contribution in [2.75, 3.05) is 5.32 Å². The first-order valence-electron chi connectivity index (χ1n) is 6.68. The van der Waals surface area contributed by atoms with E-state index in [0.717, 1.165) is 31.5 Å². The molecule has 1 aliphatic rings. The van der Waals surface area contributed by atoms with Crippen molar-refractivity contribution >= 4 is 24.1 Å². The summed E-state index contributed by atoms with van der Waals surface area (Å²) in [6.45, 7) is 4.08. The van der Waals surface area contributed by atoms with Gasteiger partial charge in [-0.05, 0) is 33.1 Å². The molecule has 0 aliphatic heterocycles. The summed E-state index contributed by atoms with van der Waals surface area (Å²) in [6.07, 6.45) is 5.52. The molecule has 1 fully saturated rings. The number of rotatable bonds is 3. The number of carbonyl (C=O) groups is 1. The van der Waals surface area contributed by atoms with Crippen LogP contribution in [0.25, 0.3) is 0 Å². The first-order chi connectivity index (χ1) is 8.58. The molecule has 0 spiro atoms. The van der Waals surface area contributed by atoms with E-state index in [1.165, 1.54) is 0 Å². The molecule has 1 amide bonds. The number of hydrogen-bond acceptors (Lipinski definition) is 3. The van der Waals surface area contributed by atoms with Crippen molar-refractivity contribution < 1.29 is 4.79 Å². The van der Waals surface area contributed by atoms with Crippen LogP contribution in [-0.4, -0.2) is 21.7 Å². The highest BCUT2D eigenvalue weighted by molar-refractivity contribution is 5.91. The van der Waals surface area contributed by atoms with Crippen molar-refractivity contribution in [2.45, 2.75) is 51.6 Å². The zero-order valence-electron chi connectivity index (χ0n) is 11.5. The van der Waals surface area contributed by atoms with Gasteiger partial charge in [-0.3, -0.25) is 4.79 Å². The first-order valence-corrected chi connectivity index (χ1v) is 6.68. The Morgan fingerprint density at radius 1 is 1.53 bits per heavy atom. The normalized spacial score (nSPS) is 22.9. The maximum atomic E-state index is 12.2. The van der Waals surface area contributed by atoms with E-state index in [-0.39, 0.29) is 36.3 Å². The van der Waals surface area contributed by atoms with E-state index in [1.807, 2.05) is 24.6 Å². The van der Waals surface area contributed by atoms with E-state index in [4.69, 9.17) is 5.73 Å². The van der Waals surface area contributed by atoms with Crippen LogP contribution in [-0.2, 0) is 4.79 Å². The van der Waals surface area contributed by atoms with Gasteiger partial charge < -0.3 is 11.1 Å². The molecule has 1 aliphatic carbocycles. The molecule has 2 unspecified atom stereocenters. The number of halogens is 1. The number of hydrogen-bond donors (Lipinski definition) is 2. The van der Waals surface area contributed by atoms with Crippen LogP contribution in [0.5, 0.6) is 0 Å². The van der Waals surface area contributed by atoms with Gasteiger partial charge in [0.15, 0.2) is 0 Å². The summed E-state index contributed by atoms with van der Waals surface area (Å²) in [6, 6.07) is 2.24. The molecule has 0 aromatic carbocycles. The fourth-order valence-electron chi connectivity index (χ4n) is 2.52. The van der Waals surface area contributed by atoms with Crippen molar-refractivity contribution in [1.82, 2.24) is 9.78 Å². The van der Waals surface area contributed by atoms with Gasteiger partial charge in [0.25, 0.3) is 0 Å². The Morgan fingerprint density at radius 3 is 2.89 bits per heavy atom. The number of nitrogens with one attached hydrogen (secondary N) is 1. The Morgan fingerprint density at radius 2 is 2.26 bits per heavy atom. The fraction of sp³-hybridized carbons (Fsp3) is 0.692. The fourth-order valence-corrected chi connectivity index (χ4v) is 2.52. The van der Waals surface area contributed by atoms with E-state index < -0.39 is 0 Å². The SMILES string of the molecule is CC(C)n1nccc1NC(=O)C1CCCC(N)C1.Cl. The zero-order valence-corrected chi connectivity index (χ0v) is 12.3.